The summed E-state index contributed by atoms with van der Waals surface area (Å²) in [6.07, 6.45) is -2.26. The number of aromatic nitrogens is 1. The summed E-state index contributed by atoms with van der Waals surface area (Å²) < 4.78 is 53.3. The highest BCUT2D eigenvalue weighted by Gasteiger charge is 2.41. The highest BCUT2D eigenvalue weighted by atomic mass is 35.5. The van der Waals surface area contributed by atoms with Crippen LogP contribution in [0.5, 0.6) is 0 Å². The topological polar surface area (TPSA) is 79.6 Å². The normalized spacial score (nSPS) is 18.1. The van der Waals surface area contributed by atoms with Crippen LogP contribution in [0.1, 0.15) is 30.4 Å². The first-order chi connectivity index (χ1) is 17.4. The van der Waals surface area contributed by atoms with Gasteiger partial charge < -0.3 is 4.90 Å². The number of nitro groups is 1. The minimum Gasteiger partial charge on any atom is -0.348 e. The van der Waals surface area contributed by atoms with Gasteiger partial charge in [0.05, 0.1) is 20.9 Å². The summed E-state index contributed by atoms with van der Waals surface area (Å²) in [6.45, 7) is 3.42. The number of fused-ring (bicyclic) bond motifs is 1. The zero-order valence-electron chi connectivity index (χ0n) is 19.4. The lowest BCUT2D eigenvalue weighted by Crippen LogP contribution is -2.42. The minimum absolute atomic E-state index is 0.0525. The van der Waals surface area contributed by atoms with Crippen molar-refractivity contribution in [3.63, 3.8) is 0 Å². The molecule has 1 aromatic heterocycles. The Labute approximate surface area is 217 Å². The molecule has 2 saturated heterocycles. The molecule has 1 spiro atoms. The van der Waals surface area contributed by atoms with Crippen molar-refractivity contribution < 1.29 is 22.5 Å². The molecule has 5 rings (SSSR count). The highest BCUT2D eigenvalue weighted by Crippen LogP contribution is 2.43. The molecule has 0 radical (unpaired) electrons. The summed E-state index contributed by atoms with van der Waals surface area (Å²) in [5.41, 5.74) is -2.03. The monoisotopic (exact) mass is 556 g/mol. The summed E-state index contributed by atoms with van der Waals surface area (Å²) in [6, 6.07) is 5.89. The minimum atomic E-state index is -4.83. The number of hydrogen-bond donors (Lipinski definition) is 0. The second kappa shape index (κ2) is 9.48. The van der Waals surface area contributed by atoms with Crippen molar-refractivity contribution in [2.24, 2.45) is 5.41 Å². The summed E-state index contributed by atoms with van der Waals surface area (Å²) in [7, 11) is 0. The van der Waals surface area contributed by atoms with Crippen LogP contribution in [0.4, 0.5) is 28.4 Å². The largest absolute Gasteiger partial charge is 0.416 e. The summed E-state index contributed by atoms with van der Waals surface area (Å²) in [5.74, 6) is -0.446. The Balaban J connectivity index is 1.33. The van der Waals surface area contributed by atoms with Crippen LogP contribution in [0.2, 0.25) is 5.02 Å². The number of likely N-dealkylation sites (tertiary alicyclic amines) is 1. The molecular weight excluding hydrogens is 536 g/mol. The maximum atomic E-state index is 13.8. The number of nitro benzene ring substituents is 1. The van der Waals surface area contributed by atoms with Crippen molar-refractivity contribution in [3.8, 4) is 0 Å². The lowest BCUT2D eigenvalue weighted by Gasteiger charge is -2.39. The van der Waals surface area contributed by atoms with Gasteiger partial charge in [0, 0.05) is 32.2 Å². The lowest BCUT2D eigenvalue weighted by atomic mass is 9.78. The number of benzene rings is 2. The molecule has 2 aliphatic rings. The van der Waals surface area contributed by atoms with E-state index in [1.165, 1.54) is 6.07 Å². The number of alkyl halides is 3. The van der Waals surface area contributed by atoms with Crippen molar-refractivity contribution in [1.82, 2.24) is 9.88 Å². The molecule has 0 atom stereocenters. The number of anilines is 1. The molecule has 7 nitrogen and oxygen atoms in total. The average Bonchev–Trinajstić information content (AvgIpc) is 3.22. The van der Waals surface area contributed by atoms with Crippen LogP contribution in [-0.4, -0.2) is 41.0 Å². The number of non-ortho nitro benzene ring substituents is 1. The fourth-order valence-electron chi connectivity index (χ4n) is 5.21. The Morgan fingerprint density at radius 2 is 1.84 bits per heavy atom. The first-order valence-electron chi connectivity index (χ1n) is 11.6. The van der Waals surface area contributed by atoms with Crippen molar-refractivity contribution in [3.05, 3.63) is 72.8 Å². The van der Waals surface area contributed by atoms with E-state index in [-0.39, 0.29) is 20.3 Å². The fourth-order valence-corrected chi connectivity index (χ4v) is 6.45. The van der Waals surface area contributed by atoms with Crippen LogP contribution in [0.25, 0.3) is 10.1 Å². The van der Waals surface area contributed by atoms with Crippen LogP contribution < -0.4 is 10.5 Å². The van der Waals surface area contributed by atoms with E-state index in [9.17, 15) is 32.5 Å². The molecule has 2 aliphatic heterocycles. The quantitative estimate of drug-likeness (QED) is 0.227. The molecule has 0 saturated carbocycles. The molecule has 2 aromatic carbocycles. The van der Waals surface area contributed by atoms with Crippen molar-refractivity contribution >= 4 is 43.8 Å². The van der Waals surface area contributed by atoms with Gasteiger partial charge in [0.15, 0.2) is 5.13 Å². The van der Waals surface area contributed by atoms with Crippen molar-refractivity contribution in [2.75, 3.05) is 31.1 Å². The van der Waals surface area contributed by atoms with E-state index in [0.29, 0.717) is 31.8 Å². The Morgan fingerprint density at radius 1 is 1.14 bits per heavy atom. The second-order valence-electron chi connectivity index (χ2n) is 9.62. The predicted octanol–water partition coefficient (Wildman–Crippen LogP) is 5.87. The zero-order chi connectivity index (χ0) is 26.5. The van der Waals surface area contributed by atoms with Gasteiger partial charge in [-0.3, -0.25) is 19.8 Å². The van der Waals surface area contributed by atoms with Gasteiger partial charge in [0.2, 0.25) is 0 Å². The first-order valence-corrected chi connectivity index (χ1v) is 12.8. The van der Waals surface area contributed by atoms with Crippen LogP contribution in [-0.2, 0) is 12.7 Å². The summed E-state index contributed by atoms with van der Waals surface area (Å²) in [4.78, 5) is 31.4. The molecular formula is C24H21ClF4N4O3S. The van der Waals surface area contributed by atoms with E-state index < -0.39 is 39.1 Å². The van der Waals surface area contributed by atoms with E-state index in [1.807, 2.05) is 11.0 Å². The molecule has 2 fully saturated rings. The third-order valence-electron chi connectivity index (χ3n) is 7.22. The van der Waals surface area contributed by atoms with E-state index >= 15 is 0 Å². The van der Waals surface area contributed by atoms with Gasteiger partial charge in [-0.25, -0.2) is 4.39 Å². The van der Waals surface area contributed by atoms with Crippen LogP contribution >= 0.6 is 22.9 Å². The van der Waals surface area contributed by atoms with Gasteiger partial charge in [-0.2, -0.15) is 18.2 Å². The van der Waals surface area contributed by atoms with E-state index in [2.05, 4.69) is 9.88 Å². The smallest absolute Gasteiger partial charge is 0.348 e. The molecule has 3 aromatic rings. The Kier molecular flexibility index (Phi) is 6.61. The van der Waals surface area contributed by atoms with Gasteiger partial charge in [0.1, 0.15) is 10.5 Å². The molecule has 0 N–H and O–H groups in total. The maximum Gasteiger partial charge on any atom is 0.416 e. The number of nitrogens with zero attached hydrogens (tertiary/aromatic N) is 4. The number of hydrogen-bond acceptors (Lipinski definition) is 7. The van der Waals surface area contributed by atoms with Crippen LogP contribution in [0.15, 0.2) is 35.1 Å². The van der Waals surface area contributed by atoms with Gasteiger partial charge in [-0.05, 0) is 55.0 Å². The molecule has 3 heterocycles. The molecule has 37 heavy (non-hydrogen) atoms. The second-order valence-corrected chi connectivity index (χ2v) is 11.0. The van der Waals surface area contributed by atoms with Gasteiger partial charge in [0.25, 0.3) is 11.2 Å². The molecule has 196 valence electrons. The fraction of sp³-hybridized carbons (Fsp3) is 0.417. The van der Waals surface area contributed by atoms with Crippen LogP contribution in [0, 0.1) is 21.3 Å². The number of piperidine rings is 1. The van der Waals surface area contributed by atoms with Gasteiger partial charge in [-0.15, -0.1) is 0 Å². The number of rotatable bonds is 4. The molecule has 0 unspecified atom stereocenters. The Hall–Kier alpha value is -2.83. The first kappa shape index (κ1) is 25.8. The summed E-state index contributed by atoms with van der Waals surface area (Å²) in [5, 5.41) is 11.5. The zero-order valence-corrected chi connectivity index (χ0v) is 20.9. The molecule has 0 amide bonds. The third-order valence-corrected chi connectivity index (χ3v) is 8.69. The van der Waals surface area contributed by atoms with Crippen molar-refractivity contribution in [2.45, 2.75) is 32.0 Å². The van der Waals surface area contributed by atoms with E-state index in [4.69, 9.17) is 11.6 Å². The maximum absolute atomic E-state index is 13.8. The van der Waals surface area contributed by atoms with Gasteiger partial charge in [-0.1, -0.05) is 29.0 Å². The molecule has 0 bridgehead atoms. The molecule has 0 aliphatic carbocycles. The Morgan fingerprint density at radius 3 is 2.49 bits per heavy atom. The lowest BCUT2D eigenvalue weighted by molar-refractivity contribution is -0.383. The predicted molar refractivity (Wildman–Crippen MR) is 133 cm³/mol. The van der Waals surface area contributed by atoms with E-state index in [1.54, 1.807) is 6.07 Å². The van der Waals surface area contributed by atoms with E-state index in [0.717, 1.165) is 49.3 Å². The SMILES string of the molecule is O=c1nc(N2CCC3(CCN(Cc4ccc(Cl)c(F)c4)C3)CC2)sc2c([N+](=O)[O-])cc(C(F)(F)F)cc12. The number of halogens is 5. The van der Waals surface area contributed by atoms with Gasteiger partial charge >= 0.3 is 6.18 Å². The average molecular weight is 557 g/mol. The van der Waals surface area contributed by atoms with Crippen LogP contribution in [0.3, 0.4) is 0 Å². The standard InChI is InChI=1S/C24H21ClF4N4O3S/c25-17-2-1-14(9-18(17)26)12-31-6-3-23(13-31)4-7-32(8-5-23)22-30-21(34)16-10-15(24(27,28)29)11-19(33(35)36)20(16)37-22/h1-2,9-11H,3-8,12-13H2. The summed E-state index contributed by atoms with van der Waals surface area (Å²) >= 11 is 6.64. The third kappa shape index (κ3) is 5.14. The molecule has 13 heteroatoms. The highest BCUT2D eigenvalue weighted by molar-refractivity contribution is 7.22. The van der Waals surface area contributed by atoms with Crippen molar-refractivity contribution in [1.29, 1.82) is 0 Å². The Bertz CT molecular complexity index is 1440.